The summed E-state index contributed by atoms with van der Waals surface area (Å²) in [6.07, 6.45) is 7.31. The van der Waals surface area contributed by atoms with Crippen LogP contribution in [0.5, 0.6) is 5.75 Å². The van der Waals surface area contributed by atoms with Gasteiger partial charge in [-0.25, -0.2) is 8.78 Å². The van der Waals surface area contributed by atoms with Crippen LogP contribution in [0.25, 0.3) is 11.1 Å². The van der Waals surface area contributed by atoms with Crippen LogP contribution in [0.3, 0.4) is 0 Å². The molecule has 2 aromatic rings. The van der Waals surface area contributed by atoms with E-state index in [0.717, 1.165) is 36.5 Å². The highest BCUT2D eigenvalue weighted by Crippen LogP contribution is 2.32. The fraction of sp³-hybridized carbons (Fsp3) is 0.417. The van der Waals surface area contributed by atoms with Gasteiger partial charge in [-0.05, 0) is 67.0 Å². The second-order valence-electron chi connectivity index (χ2n) is 7.50. The van der Waals surface area contributed by atoms with Crippen molar-refractivity contribution in [1.29, 1.82) is 0 Å². The summed E-state index contributed by atoms with van der Waals surface area (Å²) in [5.41, 5.74) is 1.65. The van der Waals surface area contributed by atoms with Crippen molar-refractivity contribution in [3.8, 4) is 28.7 Å². The first kappa shape index (κ1) is 21.2. The van der Waals surface area contributed by atoms with Crippen LogP contribution in [-0.4, -0.2) is 6.61 Å². The minimum atomic E-state index is -3.29. The van der Waals surface area contributed by atoms with Gasteiger partial charge in [0.05, 0.1) is 0 Å². The van der Waals surface area contributed by atoms with E-state index in [1.54, 1.807) is 24.3 Å². The van der Waals surface area contributed by atoms with Crippen molar-refractivity contribution in [1.82, 2.24) is 0 Å². The Morgan fingerprint density at radius 3 is 2.14 bits per heavy atom. The second-order valence-corrected chi connectivity index (χ2v) is 7.50. The van der Waals surface area contributed by atoms with E-state index in [9.17, 15) is 17.6 Å². The minimum absolute atomic E-state index is 0.246. The molecular weight excluding hydrogens is 380 g/mol. The lowest BCUT2D eigenvalue weighted by Crippen LogP contribution is -2.13. The van der Waals surface area contributed by atoms with Gasteiger partial charge in [-0.15, -0.1) is 0 Å². The molecule has 1 fully saturated rings. The lowest BCUT2D eigenvalue weighted by atomic mass is 9.80. The van der Waals surface area contributed by atoms with Gasteiger partial charge < -0.3 is 4.74 Å². The number of hydrogen-bond donors (Lipinski definition) is 0. The number of rotatable bonds is 5. The van der Waals surface area contributed by atoms with Crippen LogP contribution >= 0.6 is 0 Å². The molecule has 0 amide bonds. The predicted octanol–water partition coefficient (Wildman–Crippen LogP) is 7.19. The summed E-state index contributed by atoms with van der Waals surface area (Å²) < 4.78 is 56.2. The molecule has 0 spiro atoms. The van der Waals surface area contributed by atoms with Crippen LogP contribution in [0.1, 0.15) is 51.0 Å². The summed E-state index contributed by atoms with van der Waals surface area (Å²) in [7, 11) is 0. The third kappa shape index (κ3) is 5.76. The first-order valence-electron chi connectivity index (χ1n) is 10.0. The summed E-state index contributed by atoms with van der Waals surface area (Å²) in [5.74, 6) is 4.41. The normalized spacial score (nSPS) is 19.0. The Bertz CT molecular complexity index is 849. The van der Waals surface area contributed by atoms with Crippen molar-refractivity contribution in [2.75, 3.05) is 0 Å². The molecule has 0 atom stereocenters. The summed E-state index contributed by atoms with van der Waals surface area (Å²) in [6.45, 7) is -1.06. The summed E-state index contributed by atoms with van der Waals surface area (Å²) >= 11 is 0. The van der Waals surface area contributed by atoms with E-state index < -0.39 is 24.0 Å². The van der Waals surface area contributed by atoms with E-state index >= 15 is 0 Å². The smallest absolute Gasteiger partial charge is 0.387 e. The van der Waals surface area contributed by atoms with Gasteiger partial charge in [0, 0.05) is 11.5 Å². The molecule has 0 saturated heterocycles. The number of benzene rings is 2. The zero-order valence-corrected chi connectivity index (χ0v) is 16.4. The van der Waals surface area contributed by atoms with Crippen LogP contribution in [0.15, 0.2) is 36.4 Å². The van der Waals surface area contributed by atoms with Gasteiger partial charge in [0.15, 0.2) is 17.4 Å². The van der Waals surface area contributed by atoms with E-state index in [1.807, 2.05) is 0 Å². The summed E-state index contributed by atoms with van der Waals surface area (Å²) in [6, 6.07) is 8.98. The van der Waals surface area contributed by atoms with Crippen LogP contribution in [-0.2, 0) is 0 Å². The van der Waals surface area contributed by atoms with E-state index in [0.29, 0.717) is 11.5 Å². The Labute approximate surface area is 169 Å². The molecule has 0 radical (unpaired) electrons. The van der Waals surface area contributed by atoms with Crippen LogP contribution < -0.4 is 4.74 Å². The van der Waals surface area contributed by atoms with Crippen LogP contribution in [0.2, 0.25) is 0 Å². The van der Waals surface area contributed by atoms with Gasteiger partial charge >= 0.3 is 6.61 Å². The van der Waals surface area contributed by atoms with E-state index in [4.69, 9.17) is 0 Å². The molecule has 0 heterocycles. The molecule has 1 aliphatic carbocycles. The van der Waals surface area contributed by atoms with Crippen molar-refractivity contribution in [2.24, 2.45) is 11.8 Å². The van der Waals surface area contributed by atoms with Crippen molar-refractivity contribution in [3.05, 3.63) is 53.6 Å². The number of hydrogen-bond acceptors (Lipinski definition) is 1. The van der Waals surface area contributed by atoms with Gasteiger partial charge in [0.2, 0.25) is 0 Å². The van der Waals surface area contributed by atoms with Crippen molar-refractivity contribution < 1.29 is 22.3 Å². The topological polar surface area (TPSA) is 9.23 Å². The standard InChI is InChI=1S/C24H24F4O/c1-2-3-16-4-6-17(7-5-16)8-9-18-10-12-19(13-11-18)20-14-21(25)23(22(26)15-20)29-24(27)28/h10-17,24H,2-7H2,1H3. The van der Waals surface area contributed by atoms with E-state index in [2.05, 4.69) is 23.5 Å². The minimum Gasteiger partial charge on any atom is -0.429 e. The molecule has 3 rings (SSSR count). The van der Waals surface area contributed by atoms with Crippen molar-refractivity contribution in [3.63, 3.8) is 0 Å². The molecule has 1 aliphatic rings. The second kappa shape index (κ2) is 9.82. The molecule has 0 aromatic heterocycles. The Hall–Kier alpha value is -2.48. The maximum Gasteiger partial charge on any atom is 0.387 e. The molecule has 0 unspecified atom stereocenters. The van der Waals surface area contributed by atoms with Crippen LogP contribution in [0, 0.1) is 35.3 Å². The number of ether oxygens (including phenoxy) is 1. The van der Waals surface area contributed by atoms with Crippen LogP contribution in [0.4, 0.5) is 17.6 Å². The molecular formula is C24H24F4O. The van der Waals surface area contributed by atoms with Gasteiger partial charge in [-0.2, -0.15) is 8.78 Å². The highest BCUT2D eigenvalue weighted by molar-refractivity contribution is 5.65. The third-order valence-electron chi connectivity index (χ3n) is 5.39. The molecule has 1 saturated carbocycles. The zero-order valence-electron chi connectivity index (χ0n) is 16.4. The molecule has 0 bridgehead atoms. The zero-order chi connectivity index (χ0) is 20.8. The monoisotopic (exact) mass is 404 g/mol. The maximum absolute atomic E-state index is 13.9. The number of halogens is 4. The van der Waals surface area contributed by atoms with Crippen molar-refractivity contribution >= 4 is 0 Å². The fourth-order valence-electron chi connectivity index (χ4n) is 3.86. The van der Waals surface area contributed by atoms with Gasteiger partial charge in [0.1, 0.15) is 0 Å². The lowest BCUT2D eigenvalue weighted by molar-refractivity contribution is -0.0546. The average molecular weight is 404 g/mol. The van der Waals surface area contributed by atoms with Gasteiger partial charge in [0.25, 0.3) is 0 Å². The molecule has 1 nitrogen and oxygen atoms in total. The molecule has 0 N–H and O–H groups in total. The molecule has 0 aliphatic heterocycles. The van der Waals surface area contributed by atoms with E-state index in [1.165, 1.54) is 25.7 Å². The Balaban J connectivity index is 1.67. The third-order valence-corrected chi connectivity index (χ3v) is 5.39. The largest absolute Gasteiger partial charge is 0.429 e. The lowest BCUT2D eigenvalue weighted by Gasteiger charge is -2.25. The summed E-state index contributed by atoms with van der Waals surface area (Å²) in [4.78, 5) is 0. The average Bonchev–Trinajstić information content (AvgIpc) is 2.70. The Kier molecular flexibility index (Phi) is 7.19. The number of alkyl halides is 2. The molecule has 154 valence electrons. The fourth-order valence-corrected chi connectivity index (χ4v) is 3.86. The van der Waals surface area contributed by atoms with E-state index in [-0.39, 0.29) is 5.56 Å². The highest BCUT2D eigenvalue weighted by Gasteiger charge is 2.19. The summed E-state index contributed by atoms with van der Waals surface area (Å²) in [5, 5.41) is 0. The Morgan fingerprint density at radius 1 is 0.966 bits per heavy atom. The first-order valence-corrected chi connectivity index (χ1v) is 10.0. The Morgan fingerprint density at radius 2 is 1.59 bits per heavy atom. The highest BCUT2D eigenvalue weighted by atomic mass is 19.3. The van der Waals surface area contributed by atoms with Gasteiger partial charge in [-0.3, -0.25) is 0 Å². The molecule has 29 heavy (non-hydrogen) atoms. The first-order chi connectivity index (χ1) is 14.0. The maximum atomic E-state index is 13.9. The predicted molar refractivity (Wildman–Crippen MR) is 106 cm³/mol. The molecule has 2 aromatic carbocycles. The SMILES string of the molecule is CCCC1CCC(C#Cc2ccc(-c3cc(F)c(OC(F)F)c(F)c3)cc2)CC1. The van der Waals surface area contributed by atoms with Crippen molar-refractivity contribution in [2.45, 2.75) is 52.1 Å². The quantitative estimate of drug-likeness (QED) is 0.378. The van der Waals surface area contributed by atoms with Gasteiger partial charge in [-0.1, -0.05) is 43.7 Å². The molecule has 5 heteroatoms.